The Bertz CT molecular complexity index is 727. The van der Waals surface area contributed by atoms with Crippen LogP contribution in [-0.2, 0) is 11.3 Å². The second-order valence-electron chi connectivity index (χ2n) is 6.71. The van der Waals surface area contributed by atoms with E-state index in [4.69, 9.17) is 0 Å². The van der Waals surface area contributed by atoms with Crippen LogP contribution in [0.25, 0.3) is 11.3 Å². The van der Waals surface area contributed by atoms with Crippen LogP contribution < -0.4 is 0 Å². The summed E-state index contributed by atoms with van der Waals surface area (Å²) in [6.07, 6.45) is 2.52. The van der Waals surface area contributed by atoms with Gasteiger partial charge < -0.3 is 9.47 Å². The number of hydrogen-bond acceptors (Lipinski definition) is 3. The molecule has 1 unspecified atom stereocenters. The number of aryl methyl sites for hydroxylation is 2. The number of aromatic nitrogens is 2. The summed E-state index contributed by atoms with van der Waals surface area (Å²) in [5.74, 6) is 0.886. The number of hydrogen-bond donors (Lipinski definition) is 0. The summed E-state index contributed by atoms with van der Waals surface area (Å²) < 4.78 is 2.11. The highest BCUT2D eigenvalue weighted by Crippen LogP contribution is 2.35. The summed E-state index contributed by atoms with van der Waals surface area (Å²) >= 11 is 1.66. The highest BCUT2D eigenvalue weighted by molar-refractivity contribution is 7.09. The van der Waals surface area contributed by atoms with E-state index in [0.29, 0.717) is 18.5 Å². The van der Waals surface area contributed by atoms with Crippen molar-refractivity contribution in [3.63, 3.8) is 0 Å². The van der Waals surface area contributed by atoms with Gasteiger partial charge in [0.05, 0.1) is 10.7 Å². The van der Waals surface area contributed by atoms with Gasteiger partial charge in [-0.15, -0.1) is 11.3 Å². The minimum atomic E-state index is 0.187. The van der Waals surface area contributed by atoms with Crippen molar-refractivity contribution in [3.05, 3.63) is 27.8 Å². The van der Waals surface area contributed by atoms with Crippen LogP contribution in [0.5, 0.6) is 0 Å². The number of carbonyl (C=O) groups is 1. The Kier molecular flexibility index (Phi) is 4.32. The standard InChI is InChI=1S/C18H25N3OS/c1-11-8-16(17-10-23-14(4)19-17)13(3)21(11)9-18(22)20(5)12(2)15-6-7-15/h8,10,12,15H,6-7,9H2,1-5H3. The molecule has 1 fully saturated rings. The van der Waals surface area contributed by atoms with Crippen molar-refractivity contribution in [1.82, 2.24) is 14.5 Å². The highest BCUT2D eigenvalue weighted by atomic mass is 32.1. The van der Waals surface area contributed by atoms with Crippen LogP contribution in [0.1, 0.15) is 36.2 Å². The Morgan fingerprint density at radius 2 is 2.13 bits per heavy atom. The quantitative estimate of drug-likeness (QED) is 0.836. The molecule has 0 radical (unpaired) electrons. The van der Waals surface area contributed by atoms with E-state index in [1.807, 2.05) is 18.9 Å². The molecule has 1 amide bonds. The first-order valence-electron chi connectivity index (χ1n) is 8.23. The molecule has 2 aromatic rings. The fraction of sp³-hybridized carbons (Fsp3) is 0.556. The van der Waals surface area contributed by atoms with Gasteiger partial charge in [-0.25, -0.2) is 4.98 Å². The molecule has 0 aromatic carbocycles. The Hall–Kier alpha value is -1.62. The molecule has 0 bridgehead atoms. The summed E-state index contributed by atoms with van der Waals surface area (Å²) in [4.78, 5) is 19.1. The Labute approximate surface area is 142 Å². The predicted molar refractivity (Wildman–Crippen MR) is 94.7 cm³/mol. The van der Waals surface area contributed by atoms with Crippen LogP contribution >= 0.6 is 11.3 Å². The second kappa shape index (κ2) is 6.11. The van der Waals surface area contributed by atoms with Crippen LogP contribution in [0.4, 0.5) is 0 Å². The van der Waals surface area contributed by atoms with Crippen LogP contribution in [0, 0.1) is 26.7 Å². The average molecular weight is 331 g/mol. The molecule has 1 saturated carbocycles. The number of likely N-dealkylation sites (N-methyl/N-ethyl adjacent to an activating group) is 1. The van der Waals surface area contributed by atoms with Gasteiger partial charge in [0.1, 0.15) is 6.54 Å². The topological polar surface area (TPSA) is 38.1 Å². The van der Waals surface area contributed by atoms with E-state index in [1.54, 1.807) is 11.3 Å². The number of amides is 1. The highest BCUT2D eigenvalue weighted by Gasteiger charge is 2.32. The molecule has 5 heteroatoms. The van der Waals surface area contributed by atoms with Gasteiger partial charge in [0.25, 0.3) is 0 Å². The first-order chi connectivity index (χ1) is 10.9. The maximum Gasteiger partial charge on any atom is 0.242 e. The van der Waals surface area contributed by atoms with Crippen molar-refractivity contribution in [1.29, 1.82) is 0 Å². The van der Waals surface area contributed by atoms with E-state index in [2.05, 4.69) is 41.8 Å². The lowest BCUT2D eigenvalue weighted by Crippen LogP contribution is -2.38. The van der Waals surface area contributed by atoms with Gasteiger partial charge >= 0.3 is 0 Å². The van der Waals surface area contributed by atoms with E-state index in [1.165, 1.54) is 12.8 Å². The fourth-order valence-corrected chi connectivity index (χ4v) is 3.77. The van der Waals surface area contributed by atoms with Crippen molar-refractivity contribution in [2.24, 2.45) is 5.92 Å². The SMILES string of the molecule is Cc1nc(-c2cc(C)n(CC(=O)N(C)C(C)C3CC3)c2C)cs1. The smallest absolute Gasteiger partial charge is 0.242 e. The largest absolute Gasteiger partial charge is 0.341 e. The molecule has 1 aliphatic rings. The molecule has 4 nitrogen and oxygen atoms in total. The zero-order valence-electron chi connectivity index (χ0n) is 14.6. The fourth-order valence-electron chi connectivity index (χ4n) is 3.16. The maximum absolute atomic E-state index is 12.6. The lowest BCUT2D eigenvalue weighted by atomic mass is 10.2. The molecule has 2 aromatic heterocycles. The molecule has 1 atom stereocenters. The van der Waals surface area contributed by atoms with Gasteiger partial charge in [-0.1, -0.05) is 0 Å². The summed E-state index contributed by atoms with van der Waals surface area (Å²) in [5, 5.41) is 3.16. The number of carbonyl (C=O) groups excluding carboxylic acids is 1. The molecular formula is C18H25N3OS. The third-order valence-electron chi connectivity index (χ3n) is 5.07. The predicted octanol–water partition coefficient (Wildman–Crippen LogP) is 3.79. The van der Waals surface area contributed by atoms with Crippen LogP contribution in [0.2, 0.25) is 0 Å². The Balaban J connectivity index is 1.80. The van der Waals surface area contributed by atoms with E-state index in [0.717, 1.165) is 27.7 Å². The lowest BCUT2D eigenvalue weighted by Gasteiger charge is -2.25. The number of thiazole rings is 1. The van der Waals surface area contributed by atoms with E-state index in [-0.39, 0.29) is 5.91 Å². The molecule has 0 saturated heterocycles. The molecule has 124 valence electrons. The van der Waals surface area contributed by atoms with Gasteiger partial charge in [0, 0.05) is 35.4 Å². The summed E-state index contributed by atoms with van der Waals surface area (Å²) in [7, 11) is 1.93. The Morgan fingerprint density at radius 1 is 1.43 bits per heavy atom. The normalized spacial score (nSPS) is 15.7. The van der Waals surface area contributed by atoms with Crippen molar-refractivity contribution >= 4 is 17.2 Å². The molecule has 0 N–H and O–H groups in total. The second-order valence-corrected chi connectivity index (χ2v) is 7.77. The molecule has 3 rings (SSSR count). The van der Waals surface area contributed by atoms with Gasteiger partial charge in [0.15, 0.2) is 0 Å². The summed E-state index contributed by atoms with van der Waals surface area (Å²) in [5.41, 5.74) is 4.38. The van der Waals surface area contributed by atoms with E-state index < -0.39 is 0 Å². The molecule has 23 heavy (non-hydrogen) atoms. The molecule has 0 aliphatic heterocycles. The summed E-state index contributed by atoms with van der Waals surface area (Å²) in [6, 6.07) is 2.49. The van der Waals surface area contributed by atoms with Crippen molar-refractivity contribution in [2.75, 3.05) is 7.05 Å². The van der Waals surface area contributed by atoms with Gasteiger partial charge in [0.2, 0.25) is 5.91 Å². The van der Waals surface area contributed by atoms with Gasteiger partial charge in [-0.05, 0) is 52.5 Å². The minimum absolute atomic E-state index is 0.187. The average Bonchev–Trinajstić information content (AvgIpc) is 3.23. The van der Waals surface area contributed by atoms with E-state index >= 15 is 0 Å². The molecule has 1 aliphatic carbocycles. The van der Waals surface area contributed by atoms with Crippen molar-refractivity contribution < 1.29 is 4.79 Å². The molecular weight excluding hydrogens is 306 g/mol. The summed E-state index contributed by atoms with van der Waals surface area (Å²) in [6.45, 7) is 8.73. The zero-order valence-corrected chi connectivity index (χ0v) is 15.4. The van der Waals surface area contributed by atoms with Crippen LogP contribution in [0.3, 0.4) is 0 Å². The van der Waals surface area contributed by atoms with Gasteiger partial charge in [-0.3, -0.25) is 4.79 Å². The van der Waals surface area contributed by atoms with Crippen molar-refractivity contribution in [2.45, 2.75) is 53.1 Å². The molecule has 2 heterocycles. The molecule has 0 spiro atoms. The van der Waals surface area contributed by atoms with Crippen molar-refractivity contribution in [3.8, 4) is 11.3 Å². The number of nitrogens with zero attached hydrogens (tertiary/aromatic N) is 3. The first kappa shape index (κ1) is 16.2. The third kappa shape index (κ3) is 3.20. The lowest BCUT2D eigenvalue weighted by molar-refractivity contribution is -0.132. The third-order valence-corrected chi connectivity index (χ3v) is 5.84. The first-order valence-corrected chi connectivity index (χ1v) is 9.11. The van der Waals surface area contributed by atoms with Crippen LogP contribution in [0.15, 0.2) is 11.4 Å². The zero-order chi connectivity index (χ0) is 16.7. The van der Waals surface area contributed by atoms with E-state index in [9.17, 15) is 4.79 Å². The Morgan fingerprint density at radius 3 is 2.70 bits per heavy atom. The maximum atomic E-state index is 12.6. The number of rotatable bonds is 5. The minimum Gasteiger partial charge on any atom is -0.341 e. The van der Waals surface area contributed by atoms with Gasteiger partial charge in [-0.2, -0.15) is 0 Å². The van der Waals surface area contributed by atoms with Crippen LogP contribution in [-0.4, -0.2) is 33.4 Å². The monoisotopic (exact) mass is 331 g/mol.